The van der Waals surface area contributed by atoms with Crippen LogP contribution >= 0.6 is 0 Å². The summed E-state index contributed by atoms with van der Waals surface area (Å²) in [7, 11) is 0. The SMILES string of the molecule is CCC(CC)(CC)NCCCCNC(C)C. The molecule has 98 valence electrons. The van der Waals surface area contributed by atoms with Gasteiger partial charge in [-0.05, 0) is 45.2 Å². The van der Waals surface area contributed by atoms with E-state index in [4.69, 9.17) is 0 Å². The summed E-state index contributed by atoms with van der Waals surface area (Å²) < 4.78 is 0. The Morgan fingerprint density at radius 3 is 1.81 bits per heavy atom. The average Bonchev–Trinajstić information content (AvgIpc) is 2.29. The van der Waals surface area contributed by atoms with Gasteiger partial charge in [-0.15, -0.1) is 0 Å². The maximum absolute atomic E-state index is 3.74. The van der Waals surface area contributed by atoms with E-state index in [1.165, 1.54) is 32.1 Å². The molecule has 0 spiro atoms. The van der Waals surface area contributed by atoms with Gasteiger partial charge in [0.2, 0.25) is 0 Å². The Morgan fingerprint density at radius 2 is 1.38 bits per heavy atom. The third-order valence-corrected chi connectivity index (χ3v) is 3.69. The monoisotopic (exact) mass is 228 g/mol. The van der Waals surface area contributed by atoms with Gasteiger partial charge < -0.3 is 10.6 Å². The smallest absolute Gasteiger partial charge is 0.0173 e. The molecule has 0 bridgehead atoms. The Kier molecular flexibility index (Phi) is 8.96. The molecule has 0 atom stereocenters. The van der Waals surface area contributed by atoms with Crippen LogP contribution in [0, 0.1) is 0 Å². The summed E-state index contributed by atoms with van der Waals surface area (Å²) in [5.41, 5.74) is 0.394. The predicted octanol–water partition coefficient (Wildman–Crippen LogP) is 3.32. The van der Waals surface area contributed by atoms with Gasteiger partial charge in [0.1, 0.15) is 0 Å². The van der Waals surface area contributed by atoms with Crippen LogP contribution in [0.5, 0.6) is 0 Å². The van der Waals surface area contributed by atoms with Crippen LogP contribution in [0.15, 0.2) is 0 Å². The first kappa shape index (κ1) is 15.9. The van der Waals surface area contributed by atoms with Crippen molar-refractivity contribution in [1.82, 2.24) is 10.6 Å². The third kappa shape index (κ3) is 6.49. The van der Waals surface area contributed by atoms with Gasteiger partial charge in [-0.3, -0.25) is 0 Å². The molecule has 0 aliphatic rings. The second-order valence-electron chi connectivity index (χ2n) is 5.08. The third-order valence-electron chi connectivity index (χ3n) is 3.69. The van der Waals surface area contributed by atoms with Gasteiger partial charge in [0, 0.05) is 11.6 Å². The first-order valence-electron chi connectivity index (χ1n) is 7.08. The first-order chi connectivity index (χ1) is 7.60. The van der Waals surface area contributed by atoms with Crippen LogP contribution in [-0.2, 0) is 0 Å². The fourth-order valence-electron chi connectivity index (χ4n) is 2.12. The molecule has 2 N–H and O–H groups in total. The van der Waals surface area contributed by atoms with Crippen molar-refractivity contribution in [3.05, 3.63) is 0 Å². The highest BCUT2D eigenvalue weighted by Gasteiger charge is 2.21. The fraction of sp³-hybridized carbons (Fsp3) is 1.00. The lowest BCUT2D eigenvalue weighted by Gasteiger charge is -2.32. The highest BCUT2D eigenvalue weighted by Crippen LogP contribution is 2.18. The molecule has 0 heterocycles. The van der Waals surface area contributed by atoms with Gasteiger partial charge >= 0.3 is 0 Å². The minimum absolute atomic E-state index is 0.394. The van der Waals surface area contributed by atoms with Crippen LogP contribution in [0.2, 0.25) is 0 Å². The Hall–Kier alpha value is -0.0800. The Labute approximate surface area is 103 Å². The van der Waals surface area contributed by atoms with Crippen molar-refractivity contribution in [1.29, 1.82) is 0 Å². The van der Waals surface area contributed by atoms with Crippen LogP contribution in [0.25, 0.3) is 0 Å². The average molecular weight is 228 g/mol. The van der Waals surface area contributed by atoms with Crippen LogP contribution in [-0.4, -0.2) is 24.7 Å². The lowest BCUT2D eigenvalue weighted by atomic mass is 9.90. The van der Waals surface area contributed by atoms with Gasteiger partial charge in [-0.2, -0.15) is 0 Å². The molecule has 0 amide bonds. The number of rotatable bonds is 10. The molecular formula is C14H32N2. The van der Waals surface area contributed by atoms with E-state index in [1.54, 1.807) is 0 Å². The highest BCUT2D eigenvalue weighted by molar-refractivity contribution is 4.83. The number of hydrogen-bond donors (Lipinski definition) is 2. The van der Waals surface area contributed by atoms with E-state index < -0.39 is 0 Å². The van der Waals surface area contributed by atoms with Crippen molar-refractivity contribution in [2.45, 2.75) is 78.3 Å². The van der Waals surface area contributed by atoms with Crippen LogP contribution in [0.4, 0.5) is 0 Å². The minimum Gasteiger partial charge on any atom is -0.315 e. The second-order valence-corrected chi connectivity index (χ2v) is 5.08. The number of unbranched alkanes of at least 4 members (excludes halogenated alkanes) is 1. The molecule has 0 aliphatic heterocycles. The van der Waals surface area contributed by atoms with Crippen LogP contribution in [0.1, 0.15) is 66.7 Å². The zero-order valence-corrected chi connectivity index (χ0v) is 12.0. The van der Waals surface area contributed by atoms with Gasteiger partial charge in [0.05, 0.1) is 0 Å². The maximum Gasteiger partial charge on any atom is 0.0173 e. The van der Waals surface area contributed by atoms with E-state index in [1.807, 2.05) is 0 Å². The maximum atomic E-state index is 3.74. The summed E-state index contributed by atoms with van der Waals surface area (Å²) in [4.78, 5) is 0. The molecule has 0 saturated carbocycles. The predicted molar refractivity (Wildman–Crippen MR) is 74.0 cm³/mol. The van der Waals surface area contributed by atoms with Crippen LogP contribution in [0.3, 0.4) is 0 Å². The zero-order valence-electron chi connectivity index (χ0n) is 12.0. The normalized spacial score (nSPS) is 12.4. The van der Waals surface area contributed by atoms with Crippen molar-refractivity contribution >= 4 is 0 Å². The first-order valence-corrected chi connectivity index (χ1v) is 7.08. The van der Waals surface area contributed by atoms with Gasteiger partial charge in [-0.1, -0.05) is 34.6 Å². The summed E-state index contributed by atoms with van der Waals surface area (Å²) >= 11 is 0. The molecule has 0 fully saturated rings. The van der Waals surface area contributed by atoms with Crippen LogP contribution < -0.4 is 10.6 Å². The highest BCUT2D eigenvalue weighted by atomic mass is 15.0. The van der Waals surface area contributed by atoms with Crippen molar-refractivity contribution in [3.8, 4) is 0 Å². The summed E-state index contributed by atoms with van der Waals surface area (Å²) in [6.45, 7) is 13.6. The molecule has 0 aromatic heterocycles. The van der Waals surface area contributed by atoms with Gasteiger partial charge in [0.25, 0.3) is 0 Å². The molecule has 0 aliphatic carbocycles. The van der Waals surface area contributed by atoms with Crippen molar-refractivity contribution in [2.24, 2.45) is 0 Å². The van der Waals surface area contributed by atoms with Gasteiger partial charge in [0.15, 0.2) is 0 Å². The summed E-state index contributed by atoms with van der Waals surface area (Å²) in [6, 6.07) is 0.619. The Balaban J connectivity index is 3.55. The second kappa shape index (κ2) is 9.00. The standard InChI is InChI=1S/C14H32N2/c1-6-14(7-2,8-3)16-12-10-9-11-15-13(4)5/h13,15-16H,6-12H2,1-5H3. The van der Waals surface area contributed by atoms with E-state index in [9.17, 15) is 0 Å². The molecule has 0 saturated heterocycles. The molecule has 2 heteroatoms. The molecule has 0 unspecified atom stereocenters. The van der Waals surface area contributed by atoms with Gasteiger partial charge in [-0.25, -0.2) is 0 Å². The van der Waals surface area contributed by atoms with E-state index in [0.29, 0.717) is 11.6 Å². The molecule has 16 heavy (non-hydrogen) atoms. The summed E-state index contributed by atoms with van der Waals surface area (Å²) in [6.07, 6.45) is 6.28. The number of nitrogens with one attached hydrogen (secondary N) is 2. The molecule has 0 rings (SSSR count). The molecule has 0 radical (unpaired) electrons. The lowest BCUT2D eigenvalue weighted by molar-refractivity contribution is 0.288. The fourth-order valence-corrected chi connectivity index (χ4v) is 2.12. The molecule has 0 aromatic carbocycles. The van der Waals surface area contributed by atoms with E-state index in [0.717, 1.165) is 13.1 Å². The van der Waals surface area contributed by atoms with E-state index in [-0.39, 0.29) is 0 Å². The summed E-state index contributed by atoms with van der Waals surface area (Å²) in [5, 5.41) is 7.20. The Bertz CT molecular complexity index is 143. The number of hydrogen-bond acceptors (Lipinski definition) is 2. The quantitative estimate of drug-likeness (QED) is 0.561. The Morgan fingerprint density at radius 1 is 0.875 bits per heavy atom. The minimum atomic E-state index is 0.394. The topological polar surface area (TPSA) is 24.1 Å². The van der Waals surface area contributed by atoms with E-state index >= 15 is 0 Å². The van der Waals surface area contributed by atoms with Crippen molar-refractivity contribution < 1.29 is 0 Å². The van der Waals surface area contributed by atoms with Crippen molar-refractivity contribution in [2.75, 3.05) is 13.1 Å². The van der Waals surface area contributed by atoms with Crippen molar-refractivity contribution in [3.63, 3.8) is 0 Å². The summed E-state index contributed by atoms with van der Waals surface area (Å²) in [5.74, 6) is 0. The zero-order chi connectivity index (χ0) is 12.4. The van der Waals surface area contributed by atoms with E-state index in [2.05, 4.69) is 45.3 Å². The molecule has 2 nitrogen and oxygen atoms in total. The molecule has 0 aromatic rings. The lowest BCUT2D eigenvalue weighted by Crippen LogP contribution is -2.44. The largest absolute Gasteiger partial charge is 0.315 e. The molecular weight excluding hydrogens is 196 g/mol.